The fourth-order valence-corrected chi connectivity index (χ4v) is 4.57. The van der Waals surface area contributed by atoms with Crippen LogP contribution < -0.4 is 10.9 Å². The number of rotatable bonds is 3. The first-order valence-electron chi connectivity index (χ1n) is 8.35. The molecule has 2 aliphatic heterocycles. The van der Waals surface area contributed by atoms with Crippen molar-refractivity contribution in [3.8, 4) is 0 Å². The highest BCUT2D eigenvalue weighted by Gasteiger charge is 2.31. The Morgan fingerprint density at radius 1 is 1.38 bits per heavy atom. The molecule has 128 valence electrons. The van der Waals surface area contributed by atoms with Gasteiger partial charge in [0.2, 0.25) is 0 Å². The highest BCUT2D eigenvalue weighted by Crippen LogP contribution is 2.19. The van der Waals surface area contributed by atoms with E-state index >= 15 is 0 Å². The average molecular weight is 347 g/mol. The second kappa shape index (κ2) is 6.18. The third-order valence-corrected chi connectivity index (χ3v) is 5.77. The van der Waals surface area contributed by atoms with Gasteiger partial charge in [0.15, 0.2) is 4.96 Å². The Kier molecular flexibility index (Phi) is 4.01. The Bertz CT molecular complexity index is 829. The van der Waals surface area contributed by atoms with Crippen LogP contribution in [-0.2, 0) is 6.54 Å². The van der Waals surface area contributed by atoms with Gasteiger partial charge in [0, 0.05) is 49.4 Å². The van der Waals surface area contributed by atoms with Crippen molar-refractivity contribution in [3.05, 3.63) is 33.2 Å². The molecule has 4 rings (SSSR count). The molecule has 2 aromatic rings. The first kappa shape index (κ1) is 15.6. The van der Waals surface area contributed by atoms with Crippen LogP contribution in [0.25, 0.3) is 4.96 Å². The van der Waals surface area contributed by atoms with Crippen molar-refractivity contribution in [2.24, 2.45) is 0 Å². The summed E-state index contributed by atoms with van der Waals surface area (Å²) < 4.78 is 1.65. The van der Waals surface area contributed by atoms with Gasteiger partial charge in [0.25, 0.3) is 5.56 Å². The lowest BCUT2D eigenvalue weighted by Gasteiger charge is -2.36. The van der Waals surface area contributed by atoms with Crippen LogP contribution in [0.15, 0.2) is 16.2 Å². The number of hydrogen-bond acceptors (Lipinski definition) is 5. The molecule has 4 heterocycles. The highest BCUT2D eigenvalue weighted by atomic mass is 32.1. The van der Waals surface area contributed by atoms with Crippen molar-refractivity contribution in [3.63, 3.8) is 0 Å². The minimum Gasteiger partial charge on any atom is -0.336 e. The number of nitrogens with zero attached hydrogens (tertiary/aromatic N) is 4. The van der Waals surface area contributed by atoms with Gasteiger partial charge >= 0.3 is 6.03 Å². The largest absolute Gasteiger partial charge is 0.336 e. The molecule has 0 unspecified atom stereocenters. The first-order valence-corrected chi connectivity index (χ1v) is 9.23. The number of nitrogens with one attached hydrogen (secondary N) is 1. The molecular formula is C16H21N5O2S. The van der Waals surface area contributed by atoms with Crippen LogP contribution in [0.2, 0.25) is 0 Å². The van der Waals surface area contributed by atoms with Gasteiger partial charge in [0.05, 0.1) is 5.69 Å². The predicted octanol–water partition coefficient (Wildman–Crippen LogP) is 1.05. The summed E-state index contributed by atoms with van der Waals surface area (Å²) in [6.07, 6.45) is 2.11. The Balaban J connectivity index is 1.50. The summed E-state index contributed by atoms with van der Waals surface area (Å²) in [6, 6.07) is 1.95. The van der Waals surface area contributed by atoms with Crippen molar-refractivity contribution in [1.29, 1.82) is 0 Å². The zero-order valence-corrected chi connectivity index (χ0v) is 14.5. The molecule has 24 heavy (non-hydrogen) atoms. The van der Waals surface area contributed by atoms with Gasteiger partial charge in [-0.05, 0) is 26.3 Å². The van der Waals surface area contributed by atoms with E-state index in [4.69, 9.17) is 0 Å². The summed E-state index contributed by atoms with van der Waals surface area (Å²) in [6.45, 7) is 5.94. The van der Waals surface area contributed by atoms with Gasteiger partial charge in [-0.2, -0.15) is 0 Å². The Morgan fingerprint density at radius 3 is 3.04 bits per heavy atom. The summed E-state index contributed by atoms with van der Waals surface area (Å²) in [5, 5.41) is 4.83. The molecule has 1 atom stereocenters. The van der Waals surface area contributed by atoms with Crippen molar-refractivity contribution >= 4 is 22.3 Å². The zero-order valence-electron chi connectivity index (χ0n) is 13.7. The second-order valence-electron chi connectivity index (χ2n) is 6.54. The lowest BCUT2D eigenvalue weighted by molar-refractivity contribution is 0.121. The molecular weight excluding hydrogens is 326 g/mol. The van der Waals surface area contributed by atoms with E-state index in [0.29, 0.717) is 6.54 Å². The summed E-state index contributed by atoms with van der Waals surface area (Å²) in [5.41, 5.74) is 1.73. The van der Waals surface area contributed by atoms with Crippen LogP contribution in [-0.4, -0.2) is 57.4 Å². The molecule has 8 heteroatoms. The lowest BCUT2D eigenvalue weighted by Crippen LogP contribution is -2.48. The molecule has 2 aromatic heterocycles. The number of aryl methyl sites for hydroxylation is 1. The van der Waals surface area contributed by atoms with Gasteiger partial charge in [-0.3, -0.25) is 14.1 Å². The van der Waals surface area contributed by atoms with Crippen LogP contribution in [0.1, 0.15) is 24.2 Å². The third kappa shape index (κ3) is 2.80. The monoisotopic (exact) mass is 347 g/mol. The smallest absolute Gasteiger partial charge is 0.317 e. The number of fused-ring (bicyclic) bond motifs is 1. The van der Waals surface area contributed by atoms with Crippen LogP contribution in [0.4, 0.5) is 4.79 Å². The highest BCUT2D eigenvalue weighted by molar-refractivity contribution is 7.15. The minimum absolute atomic E-state index is 0.0127. The number of carbonyl (C=O) groups is 1. The summed E-state index contributed by atoms with van der Waals surface area (Å²) in [7, 11) is 0. The van der Waals surface area contributed by atoms with Gasteiger partial charge in [-0.25, -0.2) is 9.78 Å². The quantitative estimate of drug-likeness (QED) is 0.901. The van der Waals surface area contributed by atoms with Gasteiger partial charge in [-0.1, -0.05) is 0 Å². The number of likely N-dealkylation sites (tertiary alicyclic amines) is 1. The molecule has 2 amide bonds. The second-order valence-corrected chi connectivity index (χ2v) is 7.37. The van der Waals surface area contributed by atoms with Crippen molar-refractivity contribution in [2.45, 2.75) is 32.4 Å². The van der Waals surface area contributed by atoms with Crippen molar-refractivity contribution < 1.29 is 4.79 Å². The number of hydrogen-bond donors (Lipinski definition) is 1. The molecule has 2 fully saturated rings. The first-order chi connectivity index (χ1) is 11.6. The fourth-order valence-electron chi connectivity index (χ4n) is 3.67. The van der Waals surface area contributed by atoms with Gasteiger partial charge in [-0.15, -0.1) is 11.3 Å². The zero-order chi connectivity index (χ0) is 16.7. The van der Waals surface area contributed by atoms with Gasteiger partial charge < -0.3 is 10.2 Å². The molecule has 0 aliphatic carbocycles. The van der Waals surface area contributed by atoms with Crippen LogP contribution in [0.3, 0.4) is 0 Å². The molecule has 0 aromatic carbocycles. The van der Waals surface area contributed by atoms with E-state index in [9.17, 15) is 9.59 Å². The standard InChI is InChI=1S/C16H21N5O2S/c1-11-10-24-16-18-12(7-14(22)21(11)16)8-19-5-2-3-13(9-19)20-6-4-17-15(20)23/h7,10,13H,2-6,8-9H2,1H3,(H,17,23)/t13-/m1/s1. The summed E-state index contributed by atoms with van der Waals surface area (Å²) in [4.78, 5) is 33.8. The number of urea groups is 1. The van der Waals surface area contributed by atoms with E-state index in [1.807, 2.05) is 17.2 Å². The van der Waals surface area contributed by atoms with E-state index in [-0.39, 0.29) is 17.6 Å². The van der Waals surface area contributed by atoms with E-state index < -0.39 is 0 Å². The van der Waals surface area contributed by atoms with Crippen LogP contribution >= 0.6 is 11.3 Å². The predicted molar refractivity (Wildman–Crippen MR) is 92.5 cm³/mol. The maximum atomic E-state index is 12.3. The average Bonchev–Trinajstić information content (AvgIpc) is 3.14. The van der Waals surface area contributed by atoms with E-state index in [2.05, 4.69) is 15.2 Å². The molecule has 0 radical (unpaired) electrons. The number of amides is 2. The number of carbonyl (C=O) groups excluding carboxylic acids is 1. The Labute approximate surface area is 143 Å². The molecule has 0 saturated carbocycles. The van der Waals surface area contributed by atoms with E-state index in [0.717, 1.165) is 55.4 Å². The Morgan fingerprint density at radius 2 is 2.25 bits per heavy atom. The molecule has 2 saturated heterocycles. The third-order valence-electron chi connectivity index (χ3n) is 4.83. The topological polar surface area (TPSA) is 70.0 Å². The number of aromatic nitrogens is 2. The molecule has 7 nitrogen and oxygen atoms in total. The normalized spacial score (nSPS) is 22.3. The molecule has 1 N–H and O–H groups in total. The SMILES string of the molecule is Cc1csc2nc(CN3CCC[C@@H](N4CCNC4=O)C3)cc(=O)n12. The maximum Gasteiger partial charge on any atom is 0.317 e. The van der Waals surface area contributed by atoms with Crippen LogP contribution in [0.5, 0.6) is 0 Å². The molecule has 2 aliphatic rings. The minimum atomic E-state index is -0.0127. The number of piperidine rings is 1. The fraction of sp³-hybridized carbons (Fsp3) is 0.562. The maximum absolute atomic E-state index is 12.3. The van der Waals surface area contributed by atoms with E-state index in [1.54, 1.807) is 10.5 Å². The Hall–Kier alpha value is -1.93. The van der Waals surface area contributed by atoms with Crippen molar-refractivity contribution in [1.82, 2.24) is 24.5 Å². The lowest BCUT2D eigenvalue weighted by atomic mass is 10.0. The van der Waals surface area contributed by atoms with Gasteiger partial charge in [0.1, 0.15) is 0 Å². The molecule has 0 bridgehead atoms. The number of thiazole rings is 1. The van der Waals surface area contributed by atoms with Crippen LogP contribution in [0, 0.1) is 6.92 Å². The van der Waals surface area contributed by atoms with Crippen molar-refractivity contribution in [2.75, 3.05) is 26.2 Å². The summed E-state index contributed by atoms with van der Waals surface area (Å²) in [5.74, 6) is 0. The van der Waals surface area contributed by atoms with E-state index in [1.165, 1.54) is 11.3 Å². The summed E-state index contributed by atoms with van der Waals surface area (Å²) >= 11 is 1.50. The molecule has 0 spiro atoms.